The Bertz CT molecular complexity index is 605. The third-order valence-corrected chi connectivity index (χ3v) is 4.68. The average molecular weight is 358 g/mol. The number of nitrogens with two attached hydrogens (primary N) is 1. The molecular formula is C15H15BrClFN2. The van der Waals surface area contributed by atoms with Crippen LogP contribution in [0.15, 0.2) is 40.9 Å². The minimum absolute atomic E-state index is 0.157. The number of halogens is 3. The quantitative estimate of drug-likeness (QED) is 0.736. The summed E-state index contributed by atoms with van der Waals surface area (Å²) in [5.41, 5.74) is 7.55. The van der Waals surface area contributed by atoms with Gasteiger partial charge in [0.05, 0.1) is 11.1 Å². The minimum Gasteiger partial charge on any atom is -0.378 e. The van der Waals surface area contributed by atoms with Crippen molar-refractivity contribution >= 4 is 33.2 Å². The van der Waals surface area contributed by atoms with Crippen LogP contribution in [0, 0.1) is 5.82 Å². The lowest BCUT2D eigenvalue weighted by atomic mass is 10.0. The Morgan fingerprint density at radius 1 is 1.30 bits per heavy atom. The van der Waals surface area contributed by atoms with Crippen molar-refractivity contribution in [1.82, 2.24) is 0 Å². The zero-order valence-electron chi connectivity index (χ0n) is 11.0. The number of hydrogen-bond donors (Lipinski definition) is 2. The highest BCUT2D eigenvalue weighted by molar-refractivity contribution is 9.10. The van der Waals surface area contributed by atoms with E-state index < -0.39 is 5.82 Å². The van der Waals surface area contributed by atoms with Crippen LogP contribution in [0.1, 0.15) is 17.2 Å². The molecular weight excluding hydrogens is 343 g/mol. The molecule has 1 aliphatic rings. The van der Waals surface area contributed by atoms with Crippen molar-refractivity contribution in [2.45, 2.75) is 12.5 Å². The van der Waals surface area contributed by atoms with Gasteiger partial charge < -0.3 is 11.1 Å². The van der Waals surface area contributed by atoms with E-state index >= 15 is 0 Å². The summed E-state index contributed by atoms with van der Waals surface area (Å²) in [6.07, 6.45) is 0.805. The summed E-state index contributed by atoms with van der Waals surface area (Å²) in [7, 11) is 1.50. The number of fused-ring (bicyclic) bond motifs is 1. The molecule has 0 spiro atoms. The first kappa shape index (κ1) is 15.3. The highest BCUT2D eigenvalue weighted by Gasteiger charge is 2.26. The SMILES string of the molecule is CN.Fc1cc2c(c(Br)c1Cl)CC(c1ccccc1)N2. The second kappa shape index (κ2) is 6.57. The van der Waals surface area contributed by atoms with Crippen molar-refractivity contribution < 1.29 is 4.39 Å². The number of benzene rings is 2. The Labute approximate surface area is 131 Å². The molecule has 3 rings (SSSR count). The first-order chi connectivity index (χ1) is 9.66. The maximum absolute atomic E-state index is 13.6. The fraction of sp³-hybridized carbons (Fsp3) is 0.200. The highest BCUT2D eigenvalue weighted by Crippen LogP contribution is 2.42. The van der Waals surface area contributed by atoms with Gasteiger partial charge in [0.2, 0.25) is 0 Å². The van der Waals surface area contributed by atoms with Crippen molar-refractivity contribution in [2.75, 3.05) is 12.4 Å². The van der Waals surface area contributed by atoms with E-state index in [1.165, 1.54) is 18.7 Å². The second-order valence-electron chi connectivity index (χ2n) is 4.32. The monoisotopic (exact) mass is 356 g/mol. The molecule has 1 aliphatic heterocycles. The predicted molar refractivity (Wildman–Crippen MR) is 85.7 cm³/mol. The van der Waals surface area contributed by atoms with Gasteiger partial charge in [-0.3, -0.25) is 0 Å². The highest BCUT2D eigenvalue weighted by atomic mass is 79.9. The topological polar surface area (TPSA) is 38.0 Å². The van der Waals surface area contributed by atoms with Gasteiger partial charge in [0.15, 0.2) is 0 Å². The summed E-state index contributed by atoms with van der Waals surface area (Å²) in [6, 6.07) is 11.8. The van der Waals surface area contributed by atoms with Gasteiger partial charge in [0.1, 0.15) is 5.82 Å². The molecule has 0 aliphatic carbocycles. The molecule has 0 saturated heterocycles. The summed E-state index contributed by atoms with van der Waals surface area (Å²) in [6.45, 7) is 0. The van der Waals surface area contributed by atoms with Gasteiger partial charge in [0.25, 0.3) is 0 Å². The average Bonchev–Trinajstić information content (AvgIpc) is 2.92. The molecule has 1 unspecified atom stereocenters. The van der Waals surface area contributed by atoms with Crippen molar-refractivity contribution in [1.29, 1.82) is 0 Å². The van der Waals surface area contributed by atoms with Crippen LogP contribution in [0.3, 0.4) is 0 Å². The van der Waals surface area contributed by atoms with Gasteiger partial charge in [-0.1, -0.05) is 41.9 Å². The molecule has 106 valence electrons. The third kappa shape index (κ3) is 2.82. The maximum atomic E-state index is 13.6. The van der Waals surface area contributed by atoms with Gasteiger partial charge in [-0.05, 0) is 46.6 Å². The Morgan fingerprint density at radius 2 is 1.95 bits per heavy atom. The van der Waals surface area contributed by atoms with Crippen LogP contribution in [-0.2, 0) is 6.42 Å². The van der Waals surface area contributed by atoms with E-state index in [0.29, 0.717) is 4.47 Å². The lowest BCUT2D eigenvalue weighted by Gasteiger charge is -2.10. The van der Waals surface area contributed by atoms with Crippen molar-refractivity contribution in [3.63, 3.8) is 0 Å². The first-order valence-corrected chi connectivity index (χ1v) is 7.39. The first-order valence-electron chi connectivity index (χ1n) is 6.22. The van der Waals surface area contributed by atoms with Crippen molar-refractivity contribution in [3.05, 3.63) is 62.8 Å². The third-order valence-electron chi connectivity index (χ3n) is 3.20. The van der Waals surface area contributed by atoms with E-state index in [0.717, 1.165) is 17.7 Å². The smallest absolute Gasteiger partial charge is 0.145 e. The standard InChI is InChI=1S/C14H10BrClFN.CH5N/c15-13-9-6-11(8-4-2-1-3-5-8)18-12(9)7-10(17)14(13)16;1-2/h1-5,7,11,18H,6H2;2H2,1H3. The van der Waals surface area contributed by atoms with Crippen LogP contribution >= 0.6 is 27.5 Å². The Kier molecular flexibility index (Phi) is 5.02. The number of nitrogens with one attached hydrogen (secondary N) is 1. The van der Waals surface area contributed by atoms with E-state index in [1.54, 1.807) is 0 Å². The lowest BCUT2D eigenvalue weighted by molar-refractivity contribution is 0.627. The molecule has 0 radical (unpaired) electrons. The van der Waals surface area contributed by atoms with Crippen LogP contribution in [0.4, 0.5) is 10.1 Å². The summed E-state index contributed by atoms with van der Waals surface area (Å²) < 4.78 is 14.2. The normalized spacial score (nSPS) is 15.9. The van der Waals surface area contributed by atoms with Gasteiger partial charge >= 0.3 is 0 Å². The lowest BCUT2D eigenvalue weighted by Crippen LogP contribution is -2.04. The van der Waals surface area contributed by atoms with E-state index in [2.05, 4.69) is 39.1 Å². The number of hydrogen-bond acceptors (Lipinski definition) is 2. The van der Waals surface area contributed by atoms with Crippen LogP contribution in [-0.4, -0.2) is 7.05 Å². The Morgan fingerprint density at radius 3 is 2.60 bits per heavy atom. The predicted octanol–water partition coefficient (Wildman–Crippen LogP) is 4.53. The summed E-state index contributed by atoms with van der Waals surface area (Å²) in [5.74, 6) is -0.400. The molecule has 2 nitrogen and oxygen atoms in total. The van der Waals surface area contributed by atoms with E-state index in [1.807, 2.05) is 18.2 Å². The molecule has 2 aromatic carbocycles. The van der Waals surface area contributed by atoms with Gasteiger partial charge in [0, 0.05) is 10.2 Å². The zero-order valence-corrected chi connectivity index (χ0v) is 13.3. The molecule has 0 saturated carbocycles. The number of anilines is 1. The summed E-state index contributed by atoms with van der Waals surface area (Å²) in [4.78, 5) is 0. The molecule has 1 atom stereocenters. The maximum Gasteiger partial charge on any atom is 0.145 e. The molecule has 1 heterocycles. The van der Waals surface area contributed by atoms with Gasteiger partial charge in [-0.25, -0.2) is 4.39 Å². The Hall–Kier alpha value is -1.10. The fourth-order valence-corrected chi connectivity index (χ4v) is 3.02. The van der Waals surface area contributed by atoms with E-state index in [9.17, 15) is 4.39 Å². The van der Waals surface area contributed by atoms with Crippen LogP contribution in [0.5, 0.6) is 0 Å². The van der Waals surface area contributed by atoms with Crippen LogP contribution in [0.25, 0.3) is 0 Å². The van der Waals surface area contributed by atoms with Gasteiger partial charge in [-0.15, -0.1) is 0 Å². The molecule has 2 aromatic rings. The van der Waals surface area contributed by atoms with Crippen molar-refractivity contribution in [2.24, 2.45) is 5.73 Å². The van der Waals surface area contributed by atoms with E-state index in [4.69, 9.17) is 11.6 Å². The zero-order chi connectivity index (χ0) is 14.7. The molecule has 5 heteroatoms. The molecule has 3 N–H and O–H groups in total. The molecule has 20 heavy (non-hydrogen) atoms. The molecule has 0 aromatic heterocycles. The Balaban J connectivity index is 0.000000704. The summed E-state index contributed by atoms with van der Waals surface area (Å²) in [5, 5.41) is 3.49. The van der Waals surface area contributed by atoms with Crippen LogP contribution in [0.2, 0.25) is 5.02 Å². The fourth-order valence-electron chi connectivity index (χ4n) is 2.29. The largest absolute Gasteiger partial charge is 0.378 e. The van der Waals surface area contributed by atoms with E-state index in [-0.39, 0.29) is 11.1 Å². The van der Waals surface area contributed by atoms with Gasteiger partial charge in [-0.2, -0.15) is 0 Å². The number of rotatable bonds is 1. The molecule has 0 amide bonds. The van der Waals surface area contributed by atoms with Crippen molar-refractivity contribution in [3.8, 4) is 0 Å². The summed E-state index contributed by atoms with van der Waals surface area (Å²) >= 11 is 9.28. The second-order valence-corrected chi connectivity index (χ2v) is 5.50. The van der Waals surface area contributed by atoms with Crippen LogP contribution < -0.4 is 11.1 Å². The minimum atomic E-state index is -0.400. The molecule has 0 fully saturated rings. The molecule has 0 bridgehead atoms.